The zero-order valence-corrected chi connectivity index (χ0v) is 8.74. The highest BCUT2D eigenvalue weighted by Crippen LogP contribution is 2.22. The number of rotatable bonds is 2. The number of nitrogens with one attached hydrogen (secondary N) is 2. The molecule has 1 aromatic rings. The summed E-state index contributed by atoms with van der Waals surface area (Å²) in [5.74, 6) is -0.353. The lowest BCUT2D eigenvalue weighted by Gasteiger charge is -1.95. The standard InChI is InChI=1S/C7H5BrClN3O/c8-4-3-5(12-6(4)9)7(13)11-2-1-10/h3,12H,2H2,(H,11,13). The number of hydrogen-bond acceptors (Lipinski definition) is 2. The van der Waals surface area contributed by atoms with Crippen LogP contribution in [0.2, 0.25) is 5.15 Å². The van der Waals surface area contributed by atoms with Crippen molar-refractivity contribution in [3.8, 4) is 6.07 Å². The van der Waals surface area contributed by atoms with E-state index in [1.807, 2.05) is 0 Å². The fourth-order valence-corrected chi connectivity index (χ4v) is 1.23. The first-order chi connectivity index (χ1) is 6.15. The Morgan fingerprint density at radius 1 is 1.85 bits per heavy atom. The summed E-state index contributed by atoms with van der Waals surface area (Å²) in [5.41, 5.74) is 0.326. The molecule has 0 aromatic carbocycles. The quantitative estimate of drug-likeness (QED) is 0.796. The molecule has 1 aromatic heterocycles. The molecule has 1 rings (SSSR count). The topological polar surface area (TPSA) is 68.7 Å². The lowest BCUT2D eigenvalue weighted by molar-refractivity contribution is 0.0954. The lowest BCUT2D eigenvalue weighted by Crippen LogP contribution is -2.23. The number of hydrogen-bond donors (Lipinski definition) is 2. The summed E-state index contributed by atoms with van der Waals surface area (Å²) in [7, 11) is 0. The highest BCUT2D eigenvalue weighted by atomic mass is 79.9. The molecule has 0 fully saturated rings. The van der Waals surface area contributed by atoms with Crippen LogP contribution in [0.1, 0.15) is 10.5 Å². The van der Waals surface area contributed by atoms with Gasteiger partial charge in [0.1, 0.15) is 17.4 Å². The van der Waals surface area contributed by atoms with Crippen molar-refractivity contribution in [2.45, 2.75) is 0 Å². The molecule has 13 heavy (non-hydrogen) atoms. The lowest BCUT2D eigenvalue weighted by atomic mass is 10.4. The number of H-pyrrole nitrogens is 1. The third-order valence-corrected chi connectivity index (χ3v) is 2.45. The normalized spacial score (nSPS) is 9.31. The van der Waals surface area contributed by atoms with E-state index in [0.717, 1.165) is 0 Å². The molecule has 1 heterocycles. The third-order valence-electron chi connectivity index (χ3n) is 1.30. The highest BCUT2D eigenvalue weighted by molar-refractivity contribution is 9.10. The Morgan fingerprint density at radius 3 is 3.00 bits per heavy atom. The van der Waals surface area contributed by atoms with Gasteiger partial charge in [-0.15, -0.1) is 0 Å². The molecule has 2 N–H and O–H groups in total. The van der Waals surface area contributed by atoms with E-state index in [2.05, 4.69) is 26.2 Å². The van der Waals surface area contributed by atoms with Crippen molar-refractivity contribution in [2.75, 3.05) is 6.54 Å². The van der Waals surface area contributed by atoms with E-state index in [4.69, 9.17) is 16.9 Å². The Labute approximate surface area is 88.0 Å². The summed E-state index contributed by atoms with van der Waals surface area (Å²) in [4.78, 5) is 13.8. The molecule has 0 aliphatic rings. The van der Waals surface area contributed by atoms with Gasteiger partial charge in [-0.25, -0.2) is 0 Å². The highest BCUT2D eigenvalue weighted by Gasteiger charge is 2.09. The molecule has 4 nitrogen and oxygen atoms in total. The molecule has 0 saturated carbocycles. The molecule has 0 aliphatic carbocycles. The van der Waals surface area contributed by atoms with Crippen LogP contribution in [-0.4, -0.2) is 17.4 Å². The average molecular weight is 262 g/mol. The zero-order chi connectivity index (χ0) is 9.84. The first kappa shape index (κ1) is 10.1. The molecule has 0 unspecified atom stereocenters. The maximum absolute atomic E-state index is 11.2. The number of halogens is 2. The van der Waals surface area contributed by atoms with Gasteiger partial charge >= 0.3 is 0 Å². The smallest absolute Gasteiger partial charge is 0.268 e. The second kappa shape index (κ2) is 4.30. The molecule has 0 aliphatic heterocycles. The van der Waals surface area contributed by atoms with Crippen molar-refractivity contribution in [1.29, 1.82) is 5.26 Å². The van der Waals surface area contributed by atoms with Gasteiger partial charge in [0.05, 0.1) is 10.5 Å². The minimum absolute atomic E-state index is 0.0207. The van der Waals surface area contributed by atoms with Gasteiger partial charge in [0.25, 0.3) is 5.91 Å². The van der Waals surface area contributed by atoms with Gasteiger partial charge in [-0.2, -0.15) is 5.26 Å². The van der Waals surface area contributed by atoms with E-state index >= 15 is 0 Å². The van der Waals surface area contributed by atoms with E-state index in [0.29, 0.717) is 15.3 Å². The summed E-state index contributed by atoms with van der Waals surface area (Å²) in [6, 6.07) is 3.35. The van der Waals surface area contributed by atoms with E-state index in [-0.39, 0.29) is 12.5 Å². The average Bonchev–Trinajstić information content (AvgIpc) is 2.43. The van der Waals surface area contributed by atoms with Gasteiger partial charge in [-0.05, 0) is 22.0 Å². The van der Waals surface area contributed by atoms with Crippen LogP contribution < -0.4 is 5.32 Å². The van der Waals surface area contributed by atoms with Crippen molar-refractivity contribution in [3.63, 3.8) is 0 Å². The first-order valence-electron chi connectivity index (χ1n) is 3.34. The molecule has 68 valence electrons. The van der Waals surface area contributed by atoms with Gasteiger partial charge in [0.2, 0.25) is 0 Å². The predicted octanol–water partition coefficient (Wildman–Crippen LogP) is 1.68. The van der Waals surface area contributed by atoms with Crippen LogP contribution in [0, 0.1) is 11.3 Å². The molecule has 1 amide bonds. The fraction of sp³-hybridized carbons (Fsp3) is 0.143. The van der Waals surface area contributed by atoms with Crippen molar-refractivity contribution >= 4 is 33.4 Å². The summed E-state index contributed by atoms with van der Waals surface area (Å²) in [6.45, 7) is -0.0207. The van der Waals surface area contributed by atoms with Gasteiger partial charge in [-0.3, -0.25) is 4.79 Å². The van der Waals surface area contributed by atoms with Crippen LogP contribution in [0.15, 0.2) is 10.5 Å². The fourth-order valence-electron chi connectivity index (χ4n) is 0.741. The third kappa shape index (κ3) is 2.47. The van der Waals surface area contributed by atoms with Gasteiger partial charge in [0.15, 0.2) is 0 Å². The predicted molar refractivity (Wildman–Crippen MR) is 51.4 cm³/mol. The van der Waals surface area contributed by atoms with E-state index in [9.17, 15) is 4.79 Å². The number of carbonyl (C=O) groups is 1. The monoisotopic (exact) mass is 261 g/mol. The van der Waals surface area contributed by atoms with Crippen molar-refractivity contribution in [1.82, 2.24) is 10.3 Å². The largest absolute Gasteiger partial charge is 0.341 e. The SMILES string of the molecule is N#CCNC(=O)c1cc(Br)c(Cl)[nH]1. The zero-order valence-electron chi connectivity index (χ0n) is 6.40. The maximum Gasteiger partial charge on any atom is 0.268 e. The van der Waals surface area contributed by atoms with E-state index in [1.165, 1.54) is 0 Å². The number of nitrogens with zero attached hydrogens (tertiary/aromatic N) is 1. The minimum Gasteiger partial charge on any atom is -0.341 e. The molecular weight excluding hydrogens is 257 g/mol. The number of carbonyl (C=O) groups excluding carboxylic acids is 1. The van der Waals surface area contributed by atoms with Crippen LogP contribution in [0.3, 0.4) is 0 Å². The molecule has 6 heteroatoms. The number of amides is 1. The van der Waals surface area contributed by atoms with Crippen LogP contribution in [0.25, 0.3) is 0 Å². The van der Waals surface area contributed by atoms with E-state index in [1.54, 1.807) is 12.1 Å². The molecule has 0 bridgehead atoms. The van der Waals surface area contributed by atoms with Gasteiger partial charge in [0, 0.05) is 0 Å². The number of nitriles is 1. The Hall–Kier alpha value is -0.990. The van der Waals surface area contributed by atoms with Crippen LogP contribution in [-0.2, 0) is 0 Å². The summed E-state index contributed by atoms with van der Waals surface area (Å²) in [6.07, 6.45) is 0. The Kier molecular flexibility index (Phi) is 3.34. The maximum atomic E-state index is 11.2. The van der Waals surface area contributed by atoms with E-state index < -0.39 is 0 Å². The van der Waals surface area contributed by atoms with Crippen molar-refractivity contribution in [2.24, 2.45) is 0 Å². The first-order valence-corrected chi connectivity index (χ1v) is 4.51. The molecule has 0 saturated heterocycles. The van der Waals surface area contributed by atoms with Crippen LogP contribution >= 0.6 is 27.5 Å². The number of aromatic amines is 1. The molecule has 0 radical (unpaired) electrons. The molecule has 0 spiro atoms. The van der Waals surface area contributed by atoms with Crippen LogP contribution in [0.4, 0.5) is 0 Å². The minimum atomic E-state index is -0.353. The molecular formula is C7H5BrClN3O. The van der Waals surface area contributed by atoms with Crippen molar-refractivity contribution < 1.29 is 4.79 Å². The summed E-state index contributed by atoms with van der Waals surface area (Å²) < 4.78 is 0.622. The van der Waals surface area contributed by atoms with Gasteiger partial charge in [-0.1, -0.05) is 11.6 Å². The molecule has 0 atom stereocenters. The van der Waals surface area contributed by atoms with Crippen LogP contribution in [0.5, 0.6) is 0 Å². The Morgan fingerprint density at radius 2 is 2.54 bits per heavy atom. The number of aromatic nitrogens is 1. The Bertz CT molecular complexity index is 349. The second-order valence-electron chi connectivity index (χ2n) is 2.19. The second-order valence-corrected chi connectivity index (χ2v) is 3.42. The van der Waals surface area contributed by atoms with Gasteiger partial charge < -0.3 is 10.3 Å². The summed E-state index contributed by atoms with van der Waals surface area (Å²) >= 11 is 8.80. The summed E-state index contributed by atoms with van der Waals surface area (Å²) in [5, 5.41) is 11.0. The van der Waals surface area contributed by atoms with Crippen molar-refractivity contribution in [3.05, 3.63) is 21.4 Å². The Balaban J connectivity index is 2.73.